The van der Waals surface area contributed by atoms with Crippen molar-refractivity contribution in [3.05, 3.63) is 70.3 Å². The molecule has 2 heterocycles. The number of rotatable bonds is 6. The summed E-state index contributed by atoms with van der Waals surface area (Å²) in [6, 6.07) is 12.5. The number of allylic oxidation sites excluding steroid dienone is 3. The van der Waals surface area contributed by atoms with Crippen LogP contribution in [0.25, 0.3) is 0 Å². The number of hydrogen-bond acceptors (Lipinski definition) is 7. The molecule has 0 bridgehead atoms. The Labute approximate surface area is 195 Å². The van der Waals surface area contributed by atoms with Crippen LogP contribution in [0.1, 0.15) is 37.9 Å². The molecule has 1 aliphatic heterocycles. The van der Waals surface area contributed by atoms with Crippen LogP contribution in [0.4, 0.5) is 11.4 Å². The monoisotopic (exact) mass is 462 g/mol. The maximum absolute atomic E-state index is 12.7. The van der Waals surface area contributed by atoms with Crippen molar-refractivity contribution < 1.29 is 18.8 Å². The minimum absolute atomic E-state index is 0.0161. The summed E-state index contributed by atoms with van der Waals surface area (Å²) in [6.45, 7) is 1.43. The number of anilines is 2. The molecule has 2 aromatic rings. The molecule has 1 unspecified atom stereocenters. The molecule has 2 amide bonds. The number of Topliss-reactive ketones (excluding diaryl/α,β-unsaturated/α-hetero) is 1. The molecule has 1 aromatic carbocycles. The number of hydrogen-bond donors (Lipinski definition) is 3. The van der Waals surface area contributed by atoms with Gasteiger partial charge in [0.05, 0.1) is 34.6 Å². The third-order valence-electron chi connectivity index (χ3n) is 5.33. The first-order chi connectivity index (χ1) is 16.0. The molecule has 1 aromatic heterocycles. The first-order valence-corrected chi connectivity index (χ1v) is 11.5. The van der Waals surface area contributed by atoms with Crippen molar-refractivity contribution in [3.63, 3.8) is 0 Å². The number of thioether (sulfide) groups is 1. The van der Waals surface area contributed by atoms with E-state index in [-0.39, 0.29) is 23.4 Å². The van der Waals surface area contributed by atoms with E-state index in [9.17, 15) is 19.6 Å². The maximum atomic E-state index is 12.7. The number of nitrogens with zero attached hydrogens (tertiary/aromatic N) is 1. The molecular weight excluding hydrogens is 440 g/mol. The van der Waals surface area contributed by atoms with Gasteiger partial charge in [-0.05, 0) is 49.2 Å². The van der Waals surface area contributed by atoms with Gasteiger partial charge in [0.1, 0.15) is 5.76 Å². The maximum Gasteiger partial charge on any atom is 0.234 e. The molecule has 2 aliphatic rings. The Morgan fingerprint density at radius 1 is 1.18 bits per heavy atom. The number of furan rings is 1. The standard InChI is InChI=1S/C24H22N4O4S/c1-14(29)26-15-7-9-16(10-8-15)27-21(31)13-33-24-17(12-25)22(20-6-3-11-32-20)23-18(28-24)4-2-5-19(23)30/h3,6-11,22,28H,2,4-5,13H2,1H3,(H,26,29)(H,27,31). The van der Waals surface area contributed by atoms with Crippen molar-refractivity contribution in [2.45, 2.75) is 32.1 Å². The minimum atomic E-state index is -0.569. The number of benzene rings is 1. The van der Waals surface area contributed by atoms with E-state index in [4.69, 9.17) is 4.42 Å². The second kappa shape index (κ2) is 9.79. The number of amides is 2. The summed E-state index contributed by atoms with van der Waals surface area (Å²) in [5.41, 5.74) is 2.98. The van der Waals surface area contributed by atoms with Gasteiger partial charge in [-0.25, -0.2) is 0 Å². The number of carbonyl (C=O) groups is 3. The highest BCUT2D eigenvalue weighted by molar-refractivity contribution is 8.03. The van der Waals surface area contributed by atoms with Crippen molar-refractivity contribution in [1.29, 1.82) is 5.26 Å². The van der Waals surface area contributed by atoms with E-state index >= 15 is 0 Å². The lowest BCUT2D eigenvalue weighted by Gasteiger charge is -2.32. The Hall–Kier alpha value is -3.77. The fourth-order valence-electron chi connectivity index (χ4n) is 3.95. The average Bonchev–Trinajstić information content (AvgIpc) is 3.32. The second-order valence-electron chi connectivity index (χ2n) is 7.69. The first-order valence-electron chi connectivity index (χ1n) is 10.5. The third kappa shape index (κ3) is 5.02. The predicted molar refractivity (Wildman–Crippen MR) is 125 cm³/mol. The van der Waals surface area contributed by atoms with Crippen LogP contribution in [0.5, 0.6) is 0 Å². The summed E-state index contributed by atoms with van der Waals surface area (Å²) >= 11 is 1.22. The Balaban J connectivity index is 1.49. The average molecular weight is 463 g/mol. The molecular formula is C24H22N4O4S. The normalized spacial score (nSPS) is 17.7. The van der Waals surface area contributed by atoms with Gasteiger partial charge in [-0.1, -0.05) is 11.8 Å². The molecule has 1 aliphatic carbocycles. The van der Waals surface area contributed by atoms with Gasteiger partial charge in [0, 0.05) is 36.0 Å². The zero-order valence-corrected chi connectivity index (χ0v) is 18.8. The van der Waals surface area contributed by atoms with Gasteiger partial charge in [-0.15, -0.1) is 0 Å². The second-order valence-corrected chi connectivity index (χ2v) is 8.68. The van der Waals surface area contributed by atoms with E-state index < -0.39 is 5.92 Å². The molecule has 33 heavy (non-hydrogen) atoms. The molecule has 0 fully saturated rings. The summed E-state index contributed by atoms with van der Waals surface area (Å²) in [5.74, 6) is -0.355. The summed E-state index contributed by atoms with van der Waals surface area (Å²) in [7, 11) is 0. The van der Waals surface area contributed by atoms with E-state index in [1.54, 1.807) is 36.4 Å². The van der Waals surface area contributed by atoms with Crippen LogP contribution in [0.2, 0.25) is 0 Å². The van der Waals surface area contributed by atoms with Crippen LogP contribution in [0.15, 0.2) is 69.0 Å². The number of ketones is 1. The zero-order chi connectivity index (χ0) is 23.4. The summed E-state index contributed by atoms with van der Waals surface area (Å²) < 4.78 is 5.57. The summed E-state index contributed by atoms with van der Waals surface area (Å²) in [4.78, 5) is 36.3. The van der Waals surface area contributed by atoms with Crippen LogP contribution in [-0.4, -0.2) is 23.4 Å². The van der Waals surface area contributed by atoms with Gasteiger partial charge in [0.2, 0.25) is 11.8 Å². The van der Waals surface area contributed by atoms with E-state index in [1.165, 1.54) is 24.9 Å². The SMILES string of the molecule is CC(=O)Nc1ccc(NC(=O)CSC2=C(C#N)C(c3ccco3)C3=C(CCCC3=O)N2)cc1. The molecule has 8 nitrogen and oxygen atoms in total. The number of carbonyl (C=O) groups excluding carboxylic acids is 3. The fourth-order valence-corrected chi connectivity index (χ4v) is 4.81. The molecule has 0 spiro atoms. The highest BCUT2D eigenvalue weighted by Crippen LogP contribution is 2.44. The molecule has 0 saturated carbocycles. The lowest BCUT2D eigenvalue weighted by molar-refractivity contribution is -0.116. The molecule has 1 atom stereocenters. The van der Waals surface area contributed by atoms with Crippen molar-refractivity contribution in [2.75, 3.05) is 16.4 Å². The van der Waals surface area contributed by atoms with Gasteiger partial charge in [0.25, 0.3) is 0 Å². The number of nitriles is 1. The van der Waals surface area contributed by atoms with Crippen LogP contribution in [-0.2, 0) is 14.4 Å². The lowest BCUT2D eigenvalue weighted by Crippen LogP contribution is -2.31. The quantitative estimate of drug-likeness (QED) is 0.592. The van der Waals surface area contributed by atoms with Gasteiger partial charge < -0.3 is 20.4 Å². The molecule has 0 saturated heterocycles. The molecule has 9 heteroatoms. The van der Waals surface area contributed by atoms with Crippen molar-refractivity contribution in [3.8, 4) is 6.07 Å². The lowest BCUT2D eigenvalue weighted by atomic mass is 9.79. The Morgan fingerprint density at radius 3 is 2.55 bits per heavy atom. The molecule has 3 N–H and O–H groups in total. The number of dihydropyridines is 1. The van der Waals surface area contributed by atoms with Gasteiger partial charge in [-0.3, -0.25) is 14.4 Å². The molecule has 0 radical (unpaired) electrons. The number of nitrogens with one attached hydrogen (secondary N) is 3. The Morgan fingerprint density at radius 2 is 1.91 bits per heavy atom. The van der Waals surface area contributed by atoms with Crippen LogP contribution in [0, 0.1) is 11.3 Å². The third-order valence-corrected chi connectivity index (χ3v) is 6.34. The minimum Gasteiger partial charge on any atom is -0.468 e. The van der Waals surface area contributed by atoms with E-state index in [0.717, 1.165) is 12.1 Å². The van der Waals surface area contributed by atoms with Crippen molar-refractivity contribution >= 4 is 40.7 Å². The smallest absolute Gasteiger partial charge is 0.234 e. The highest BCUT2D eigenvalue weighted by Gasteiger charge is 2.38. The Kier molecular flexibility index (Phi) is 6.66. The van der Waals surface area contributed by atoms with Crippen molar-refractivity contribution in [1.82, 2.24) is 5.32 Å². The van der Waals surface area contributed by atoms with Crippen molar-refractivity contribution in [2.24, 2.45) is 0 Å². The summed E-state index contributed by atoms with van der Waals surface area (Å²) in [6.07, 6.45) is 3.41. The largest absolute Gasteiger partial charge is 0.468 e. The van der Waals surface area contributed by atoms with E-state index in [0.29, 0.717) is 46.2 Å². The van der Waals surface area contributed by atoms with Crippen LogP contribution in [0.3, 0.4) is 0 Å². The first kappa shape index (κ1) is 22.4. The predicted octanol–water partition coefficient (Wildman–Crippen LogP) is 4.04. The Bertz CT molecular complexity index is 1190. The molecule has 4 rings (SSSR count). The van der Waals surface area contributed by atoms with Gasteiger partial charge in [0.15, 0.2) is 5.78 Å². The van der Waals surface area contributed by atoms with Crippen LogP contribution >= 0.6 is 11.8 Å². The van der Waals surface area contributed by atoms with Crippen LogP contribution < -0.4 is 16.0 Å². The topological polar surface area (TPSA) is 124 Å². The van der Waals surface area contributed by atoms with E-state index in [2.05, 4.69) is 22.0 Å². The highest BCUT2D eigenvalue weighted by atomic mass is 32.2. The van der Waals surface area contributed by atoms with E-state index in [1.807, 2.05) is 0 Å². The zero-order valence-electron chi connectivity index (χ0n) is 17.9. The molecule has 168 valence electrons. The van der Waals surface area contributed by atoms with Gasteiger partial charge in [-0.2, -0.15) is 5.26 Å². The fraction of sp³-hybridized carbons (Fsp3) is 0.250. The van der Waals surface area contributed by atoms with Gasteiger partial charge >= 0.3 is 0 Å². The summed E-state index contributed by atoms with van der Waals surface area (Å²) in [5, 5.41) is 19.2.